The van der Waals surface area contributed by atoms with Crippen molar-refractivity contribution in [2.75, 3.05) is 32.1 Å². The minimum Gasteiger partial charge on any atom is -0.490 e. The number of aromatic nitrogens is 1. The molecule has 3 N–H and O–H groups in total. The summed E-state index contributed by atoms with van der Waals surface area (Å²) >= 11 is 0. The van der Waals surface area contributed by atoms with Crippen LogP contribution in [-0.4, -0.2) is 37.7 Å². The topological polar surface area (TPSA) is 70.7 Å². The minimum absolute atomic E-state index is 0.674. The number of aliphatic imine (C=N–C) groups is 1. The van der Waals surface area contributed by atoms with Crippen LogP contribution in [0.25, 0.3) is 10.9 Å². The maximum absolute atomic E-state index is 5.76. The predicted molar refractivity (Wildman–Crippen MR) is 114 cm³/mol. The Morgan fingerprint density at radius 3 is 2.86 bits per heavy atom. The molecule has 0 unspecified atom stereocenters. The molecule has 0 fully saturated rings. The van der Waals surface area contributed by atoms with E-state index in [4.69, 9.17) is 9.47 Å². The van der Waals surface area contributed by atoms with Crippen LogP contribution in [0.4, 0.5) is 5.69 Å². The van der Waals surface area contributed by atoms with E-state index in [9.17, 15) is 0 Å². The number of aryl methyl sites for hydroxylation is 1. The molecule has 1 aliphatic rings. The second kappa shape index (κ2) is 8.25. The minimum atomic E-state index is 0.674. The number of hydrogen-bond donors (Lipinski definition) is 3. The molecule has 6 nitrogen and oxygen atoms in total. The van der Waals surface area contributed by atoms with Crippen LogP contribution in [0, 0.1) is 6.92 Å². The van der Waals surface area contributed by atoms with Crippen molar-refractivity contribution >= 4 is 22.5 Å². The molecule has 3 aromatic rings. The molecule has 1 aromatic heterocycles. The number of nitrogens with one attached hydrogen (secondary N) is 3. The van der Waals surface area contributed by atoms with Gasteiger partial charge in [0.05, 0.1) is 13.2 Å². The Bertz CT molecular complexity index is 993. The van der Waals surface area contributed by atoms with Crippen molar-refractivity contribution in [1.29, 1.82) is 0 Å². The number of nitrogens with zero attached hydrogens (tertiary/aromatic N) is 1. The highest BCUT2D eigenvalue weighted by Crippen LogP contribution is 2.32. The van der Waals surface area contributed by atoms with Crippen LogP contribution in [-0.2, 0) is 6.42 Å². The van der Waals surface area contributed by atoms with Gasteiger partial charge in [-0.05, 0) is 42.7 Å². The van der Waals surface area contributed by atoms with E-state index in [1.165, 1.54) is 22.0 Å². The number of fused-ring (bicyclic) bond motifs is 2. The van der Waals surface area contributed by atoms with Crippen LogP contribution in [0.5, 0.6) is 11.5 Å². The molecule has 6 heteroatoms. The lowest BCUT2D eigenvalue weighted by atomic mass is 10.1. The largest absolute Gasteiger partial charge is 0.490 e. The maximum atomic E-state index is 5.76. The zero-order valence-electron chi connectivity index (χ0n) is 16.3. The second-order valence-electron chi connectivity index (χ2n) is 6.90. The van der Waals surface area contributed by atoms with Gasteiger partial charge in [-0.25, -0.2) is 0 Å². The Morgan fingerprint density at radius 1 is 1.14 bits per heavy atom. The number of guanidine groups is 1. The number of aromatic amines is 1. The van der Waals surface area contributed by atoms with Crippen molar-refractivity contribution in [2.24, 2.45) is 4.99 Å². The smallest absolute Gasteiger partial charge is 0.195 e. The first kappa shape index (κ1) is 18.2. The number of rotatable bonds is 4. The first-order chi connectivity index (χ1) is 13.7. The second-order valence-corrected chi connectivity index (χ2v) is 6.90. The third-order valence-electron chi connectivity index (χ3n) is 4.92. The molecule has 0 aliphatic carbocycles. The van der Waals surface area contributed by atoms with E-state index in [-0.39, 0.29) is 0 Å². The lowest BCUT2D eigenvalue weighted by Crippen LogP contribution is -2.32. The van der Waals surface area contributed by atoms with Gasteiger partial charge in [0, 0.05) is 48.9 Å². The van der Waals surface area contributed by atoms with E-state index < -0.39 is 0 Å². The number of hydrogen-bond acceptors (Lipinski definition) is 3. The number of benzene rings is 2. The first-order valence-electron chi connectivity index (χ1n) is 9.67. The average Bonchev–Trinajstić information content (AvgIpc) is 2.98. The van der Waals surface area contributed by atoms with E-state index in [1.807, 2.05) is 18.2 Å². The van der Waals surface area contributed by atoms with Gasteiger partial charge < -0.3 is 25.1 Å². The lowest BCUT2D eigenvalue weighted by molar-refractivity contribution is 0.297. The fourth-order valence-corrected chi connectivity index (χ4v) is 3.52. The monoisotopic (exact) mass is 378 g/mol. The highest BCUT2D eigenvalue weighted by Gasteiger charge is 2.11. The average molecular weight is 378 g/mol. The van der Waals surface area contributed by atoms with E-state index >= 15 is 0 Å². The zero-order valence-corrected chi connectivity index (χ0v) is 16.3. The van der Waals surface area contributed by atoms with E-state index in [1.54, 1.807) is 7.05 Å². The normalized spacial score (nSPS) is 14.0. The van der Waals surface area contributed by atoms with Crippen LogP contribution in [0.15, 0.2) is 47.6 Å². The summed E-state index contributed by atoms with van der Waals surface area (Å²) in [6, 6.07) is 12.2. The molecule has 146 valence electrons. The molecule has 0 atom stereocenters. The van der Waals surface area contributed by atoms with E-state index in [2.05, 4.69) is 51.9 Å². The van der Waals surface area contributed by atoms with Crippen LogP contribution < -0.4 is 20.1 Å². The fraction of sp³-hybridized carbons (Fsp3) is 0.318. The van der Waals surface area contributed by atoms with Gasteiger partial charge in [0.2, 0.25) is 0 Å². The zero-order chi connectivity index (χ0) is 19.3. The highest BCUT2D eigenvalue weighted by atomic mass is 16.5. The van der Waals surface area contributed by atoms with Crippen molar-refractivity contribution in [3.8, 4) is 11.5 Å². The summed E-state index contributed by atoms with van der Waals surface area (Å²) in [5, 5.41) is 8.02. The summed E-state index contributed by atoms with van der Waals surface area (Å²) in [5.41, 5.74) is 4.71. The Morgan fingerprint density at radius 2 is 2.00 bits per heavy atom. The molecule has 0 amide bonds. The summed E-state index contributed by atoms with van der Waals surface area (Å²) < 4.78 is 11.4. The maximum Gasteiger partial charge on any atom is 0.195 e. The van der Waals surface area contributed by atoms with Gasteiger partial charge in [-0.15, -0.1) is 0 Å². The molecule has 0 radical (unpaired) electrons. The molecule has 4 rings (SSSR count). The molecular formula is C22H26N4O2. The van der Waals surface area contributed by atoms with Crippen molar-refractivity contribution in [2.45, 2.75) is 19.8 Å². The summed E-state index contributed by atoms with van der Waals surface area (Å²) in [4.78, 5) is 7.68. The molecule has 0 spiro atoms. The van der Waals surface area contributed by atoms with Crippen LogP contribution in [0.1, 0.15) is 17.5 Å². The Hall–Kier alpha value is -3.15. The summed E-state index contributed by atoms with van der Waals surface area (Å²) in [6.07, 6.45) is 3.90. The molecule has 2 aromatic carbocycles. The van der Waals surface area contributed by atoms with Crippen molar-refractivity contribution in [3.63, 3.8) is 0 Å². The molecule has 0 saturated carbocycles. The third-order valence-corrected chi connectivity index (χ3v) is 4.92. The molecular weight excluding hydrogens is 352 g/mol. The summed E-state index contributed by atoms with van der Waals surface area (Å²) in [5.74, 6) is 2.29. The standard InChI is InChI=1S/C22H26N4O2/c1-15-5-3-6-18-21(15)16(14-25-18)9-10-24-22(23-2)26-17-7-8-19-20(13-17)28-12-4-11-27-19/h3,5-8,13-14,25H,4,9-12H2,1-2H3,(H2,23,24,26). The van der Waals surface area contributed by atoms with Crippen molar-refractivity contribution in [3.05, 3.63) is 53.7 Å². The number of H-pyrrole nitrogens is 1. The molecule has 1 aliphatic heterocycles. The first-order valence-corrected chi connectivity index (χ1v) is 9.67. The molecule has 28 heavy (non-hydrogen) atoms. The molecule has 0 saturated heterocycles. The van der Waals surface area contributed by atoms with Crippen molar-refractivity contribution < 1.29 is 9.47 Å². The number of anilines is 1. The Kier molecular flexibility index (Phi) is 5.37. The predicted octanol–water partition coefficient (Wildman–Crippen LogP) is 3.87. The van der Waals surface area contributed by atoms with Gasteiger partial charge in [0.15, 0.2) is 17.5 Å². The van der Waals surface area contributed by atoms with Gasteiger partial charge in [0.1, 0.15) is 0 Å². The van der Waals surface area contributed by atoms with Crippen LogP contribution >= 0.6 is 0 Å². The van der Waals surface area contributed by atoms with Gasteiger partial charge >= 0.3 is 0 Å². The highest BCUT2D eigenvalue weighted by molar-refractivity contribution is 5.94. The lowest BCUT2D eigenvalue weighted by Gasteiger charge is -2.14. The van der Waals surface area contributed by atoms with Crippen LogP contribution in [0.2, 0.25) is 0 Å². The number of ether oxygens (including phenoxy) is 2. The van der Waals surface area contributed by atoms with E-state index in [0.717, 1.165) is 42.5 Å². The Balaban J connectivity index is 1.38. The van der Waals surface area contributed by atoms with Crippen LogP contribution in [0.3, 0.4) is 0 Å². The van der Waals surface area contributed by atoms with E-state index in [0.29, 0.717) is 13.2 Å². The van der Waals surface area contributed by atoms with Gasteiger partial charge in [0.25, 0.3) is 0 Å². The van der Waals surface area contributed by atoms with Gasteiger partial charge in [-0.3, -0.25) is 4.99 Å². The SMILES string of the molecule is CN=C(NCCc1c[nH]c2cccc(C)c12)Nc1ccc2c(c1)OCCCO2. The molecule has 0 bridgehead atoms. The van der Waals surface area contributed by atoms with Crippen molar-refractivity contribution in [1.82, 2.24) is 10.3 Å². The molecule has 2 heterocycles. The van der Waals surface area contributed by atoms with Gasteiger partial charge in [-0.2, -0.15) is 0 Å². The third kappa shape index (κ3) is 3.91. The van der Waals surface area contributed by atoms with Gasteiger partial charge in [-0.1, -0.05) is 12.1 Å². The quantitative estimate of drug-likeness (QED) is 0.476. The summed E-state index contributed by atoms with van der Waals surface area (Å²) in [6.45, 7) is 4.30. The Labute approximate surface area is 165 Å². The summed E-state index contributed by atoms with van der Waals surface area (Å²) in [7, 11) is 1.77. The fourth-order valence-electron chi connectivity index (χ4n) is 3.52.